The number of amides is 1. The standard InChI is InChI=1S/C13H20N2O.ClH/c1-3-11-4-6-12(7-5-11)8-9-15-13(16)10-14-2;/h4-7,14H,3,8-10H2,1-2H3,(H,15,16);1H. The molecule has 1 aromatic carbocycles. The number of benzene rings is 1. The molecule has 0 heterocycles. The summed E-state index contributed by atoms with van der Waals surface area (Å²) in [6, 6.07) is 8.54. The maximum Gasteiger partial charge on any atom is 0.233 e. The van der Waals surface area contributed by atoms with Crippen molar-refractivity contribution in [1.29, 1.82) is 0 Å². The lowest BCUT2D eigenvalue weighted by Gasteiger charge is -2.05. The molecule has 17 heavy (non-hydrogen) atoms. The normalized spacial score (nSPS) is 9.53. The third kappa shape index (κ3) is 6.29. The lowest BCUT2D eigenvalue weighted by molar-refractivity contribution is -0.120. The molecule has 1 amide bonds. The third-order valence-corrected chi connectivity index (χ3v) is 2.50. The molecule has 0 saturated heterocycles. The fraction of sp³-hybridized carbons (Fsp3) is 0.462. The van der Waals surface area contributed by atoms with Gasteiger partial charge in [0.05, 0.1) is 6.54 Å². The molecule has 0 saturated carbocycles. The van der Waals surface area contributed by atoms with Gasteiger partial charge < -0.3 is 10.6 Å². The number of halogens is 1. The van der Waals surface area contributed by atoms with E-state index >= 15 is 0 Å². The zero-order chi connectivity index (χ0) is 11.8. The second-order valence-corrected chi connectivity index (χ2v) is 3.80. The van der Waals surface area contributed by atoms with Crippen LogP contribution in [0.25, 0.3) is 0 Å². The Morgan fingerprint density at radius 1 is 1.18 bits per heavy atom. The van der Waals surface area contributed by atoms with E-state index in [1.54, 1.807) is 7.05 Å². The van der Waals surface area contributed by atoms with Crippen molar-refractivity contribution in [2.24, 2.45) is 0 Å². The zero-order valence-corrected chi connectivity index (χ0v) is 11.3. The average molecular weight is 257 g/mol. The Hall–Kier alpha value is -1.06. The second-order valence-electron chi connectivity index (χ2n) is 3.80. The van der Waals surface area contributed by atoms with Crippen molar-refractivity contribution >= 4 is 18.3 Å². The van der Waals surface area contributed by atoms with Crippen molar-refractivity contribution in [3.8, 4) is 0 Å². The van der Waals surface area contributed by atoms with Crippen LogP contribution in [0.2, 0.25) is 0 Å². The first-order valence-electron chi connectivity index (χ1n) is 5.75. The first-order valence-corrected chi connectivity index (χ1v) is 5.75. The summed E-state index contributed by atoms with van der Waals surface area (Å²) in [6.07, 6.45) is 1.96. The van der Waals surface area contributed by atoms with Gasteiger partial charge in [-0.2, -0.15) is 0 Å². The molecule has 0 aliphatic heterocycles. The number of likely N-dealkylation sites (N-methyl/N-ethyl adjacent to an activating group) is 1. The van der Waals surface area contributed by atoms with Crippen molar-refractivity contribution in [2.75, 3.05) is 20.1 Å². The predicted octanol–water partition coefficient (Wildman–Crippen LogP) is 1.55. The molecular weight excluding hydrogens is 236 g/mol. The van der Waals surface area contributed by atoms with E-state index in [0.717, 1.165) is 12.8 Å². The molecule has 4 heteroatoms. The minimum atomic E-state index is 0. The summed E-state index contributed by atoms with van der Waals surface area (Å²) in [4.78, 5) is 11.2. The summed E-state index contributed by atoms with van der Waals surface area (Å²) >= 11 is 0. The van der Waals surface area contributed by atoms with Crippen LogP contribution < -0.4 is 10.6 Å². The molecule has 96 valence electrons. The van der Waals surface area contributed by atoms with Crippen molar-refractivity contribution in [2.45, 2.75) is 19.8 Å². The first-order chi connectivity index (χ1) is 7.76. The molecule has 0 unspecified atom stereocenters. The van der Waals surface area contributed by atoms with Gasteiger partial charge in [0.15, 0.2) is 0 Å². The topological polar surface area (TPSA) is 41.1 Å². The minimum absolute atomic E-state index is 0. The number of rotatable bonds is 6. The Bertz CT molecular complexity index is 325. The average Bonchev–Trinajstić information content (AvgIpc) is 2.30. The number of hydrogen-bond acceptors (Lipinski definition) is 2. The zero-order valence-electron chi connectivity index (χ0n) is 10.5. The Morgan fingerprint density at radius 2 is 1.76 bits per heavy atom. The van der Waals surface area contributed by atoms with Crippen LogP contribution in [0.3, 0.4) is 0 Å². The largest absolute Gasteiger partial charge is 0.355 e. The smallest absolute Gasteiger partial charge is 0.233 e. The molecule has 0 aliphatic carbocycles. The molecule has 0 radical (unpaired) electrons. The Morgan fingerprint density at radius 3 is 2.29 bits per heavy atom. The van der Waals surface area contributed by atoms with Crippen molar-refractivity contribution in [3.63, 3.8) is 0 Å². The number of nitrogens with one attached hydrogen (secondary N) is 2. The van der Waals surface area contributed by atoms with Crippen LogP contribution >= 0.6 is 12.4 Å². The maximum absolute atomic E-state index is 11.2. The highest BCUT2D eigenvalue weighted by molar-refractivity contribution is 5.85. The van der Waals surface area contributed by atoms with Crippen LogP contribution in [0.5, 0.6) is 0 Å². The first kappa shape index (κ1) is 15.9. The molecule has 0 aliphatic rings. The van der Waals surface area contributed by atoms with Crippen molar-refractivity contribution in [3.05, 3.63) is 35.4 Å². The quantitative estimate of drug-likeness (QED) is 0.811. The highest BCUT2D eigenvalue weighted by atomic mass is 35.5. The van der Waals surface area contributed by atoms with Gasteiger partial charge in [-0.15, -0.1) is 12.4 Å². The third-order valence-electron chi connectivity index (χ3n) is 2.50. The number of aryl methyl sites for hydroxylation is 1. The van der Waals surface area contributed by atoms with Gasteiger partial charge in [0.25, 0.3) is 0 Å². The summed E-state index contributed by atoms with van der Waals surface area (Å²) in [6.45, 7) is 3.23. The molecule has 1 aromatic rings. The highest BCUT2D eigenvalue weighted by Crippen LogP contribution is 2.05. The second kappa shape index (κ2) is 9.02. The van der Waals surface area contributed by atoms with E-state index < -0.39 is 0 Å². The molecule has 0 bridgehead atoms. The van der Waals surface area contributed by atoms with Gasteiger partial charge in [0.2, 0.25) is 5.91 Å². The van der Waals surface area contributed by atoms with Gasteiger partial charge in [0, 0.05) is 6.54 Å². The molecular formula is C13H21ClN2O. The van der Waals surface area contributed by atoms with Crippen LogP contribution in [-0.2, 0) is 17.6 Å². The molecule has 0 fully saturated rings. The van der Waals surface area contributed by atoms with Crippen LogP contribution in [0, 0.1) is 0 Å². The summed E-state index contributed by atoms with van der Waals surface area (Å²) in [5, 5.41) is 5.68. The molecule has 3 nitrogen and oxygen atoms in total. The van der Waals surface area contributed by atoms with E-state index in [2.05, 4.69) is 41.8 Å². The Balaban J connectivity index is 0.00000256. The van der Waals surface area contributed by atoms with E-state index in [4.69, 9.17) is 0 Å². The maximum atomic E-state index is 11.2. The fourth-order valence-electron chi connectivity index (χ4n) is 1.51. The summed E-state index contributed by atoms with van der Waals surface area (Å²) in [5.74, 6) is 0.0488. The van der Waals surface area contributed by atoms with Crippen molar-refractivity contribution < 1.29 is 4.79 Å². The van der Waals surface area contributed by atoms with E-state index in [0.29, 0.717) is 13.1 Å². The molecule has 1 rings (SSSR count). The molecule has 0 atom stereocenters. The van der Waals surface area contributed by atoms with E-state index in [1.165, 1.54) is 11.1 Å². The summed E-state index contributed by atoms with van der Waals surface area (Å²) in [5.41, 5.74) is 2.62. The highest BCUT2D eigenvalue weighted by Gasteiger charge is 1.98. The van der Waals surface area contributed by atoms with E-state index in [-0.39, 0.29) is 18.3 Å². The monoisotopic (exact) mass is 256 g/mol. The molecule has 0 spiro atoms. The fourth-order valence-corrected chi connectivity index (χ4v) is 1.51. The van der Waals surface area contributed by atoms with Gasteiger partial charge in [0.1, 0.15) is 0 Å². The predicted molar refractivity (Wildman–Crippen MR) is 73.7 cm³/mol. The van der Waals surface area contributed by atoms with Gasteiger partial charge in [-0.3, -0.25) is 4.79 Å². The Kier molecular flexibility index (Phi) is 8.46. The van der Waals surface area contributed by atoms with Crippen LogP contribution in [0.4, 0.5) is 0 Å². The van der Waals surface area contributed by atoms with Gasteiger partial charge >= 0.3 is 0 Å². The van der Waals surface area contributed by atoms with Gasteiger partial charge in [-0.05, 0) is 31.0 Å². The van der Waals surface area contributed by atoms with E-state index in [9.17, 15) is 4.79 Å². The SMILES string of the molecule is CCc1ccc(CCNC(=O)CNC)cc1.Cl. The lowest BCUT2D eigenvalue weighted by atomic mass is 10.1. The minimum Gasteiger partial charge on any atom is -0.355 e. The van der Waals surface area contributed by atoms with Crippen LogP contribution in [0.15, 0.2) is 24.3 Å². The Labute approximate surface area is 109 Å². The van der Waals surface area contributed by atoms with Gasteiger partial charge in [-0.25, -0.2) is 0 Å². The van der Waals surface area contributed by atoms with Gasteiger partial charge in [-0.1, -0.05) is 31.2 Å². The summed E-state index contributed by atoms with van der Waals surface area (Å²) < 4.78 is 0. The van der Waals surface area contributed by atoms with Crippen molar-refractivity contribution in [1.82, 2.24) is 10.6 Å². The molecule has 0 aromatic heterocycles. The molecule has 2 N–H and O–H groups in total. The van der Waals surface area contributed by atoms with E-state index in [1.807, 2.05) is 0 Å². The van der Waals surface area contributed by atoms with Crippen LogP contribution in [-0.4, -0.2) is 26.0 Å². The number of carbonyl (C=O) groups excluding carboxylic acids is 1. The summed E-state index contributed by atoms with van der Waals surface area (Å²) in [7, 11) is 1.77. The lowest BCUT2D eigenvalue weighted by Crippen LogP contribution is -2.33. The van der Waals surface area contributed by atoms with Crippen LogP contribution in [0.1, 0.15) is 18.1 Å². The number of hydrogen-bond donors (Lipinski definition) is 2. The number of carbonyl (C=O) groups is 1.